The Morgan fingerprint density at radius 3 is 2.42 bits per heavy atom. The van der Waals surface area contributed by atoms with E-state index < -0.39 is 36.8 Å². The Labute approximate surface area is 232 Å². The molecule has 0 spiro atoms. The lowest BCUT2D eigenvalue weighted by atomic mass is 9.82. The van der Waals surface area contributed by atoms with Gasteiger partial charge in [0.2, 0.25) is 5.91 Å². The number of nitrogens with zero attached hydrogens (tertiary/aromatic N) is 3. The molecule has 2 atom stereocenters. The molecule has 6 rings (SSSR count). The topological polar surface area (TPSA) is 92.5 Å². The molecule has 2 fully saturated rings. The summed E-state index contributed by atoms with van der Waals surface area (Å²) in [6.07, 6.45) is 6.74. The summed E-state index contributed by atoms with van der Waals surface area (Å²) in [5.74, 6) is -4.73. The number of hydrogen-bond acceptors (Lipinski definition) is 4. The molecular weight excluding hydrogens is 607 g/mol. The van der Waals surface area contributed by atoms with Gasteiger partial charge in [0.05, 0.1) is 36.0 Å². The van der Waals surface area contributed by atoms with Gasteiger partial charge in [0, 0.05) is 21.5 Å². The standard InChI is InChI=1S/C28H28F2IN3O4/c29-28(30)13-33(14-28)25(35)18-10-11-20-22(12-18)34(32-24(20)16-6-8-17(9-7-16)27(37)38)26(36)23-19(15-4-5-15)2-1-3-21(23)31/h1-3,6,15,17-18H,4-5,7-14H2,(H,37,38). The van der Waals surface area contributed by atoms with Gasteiger partial charge in [-0.3, -0.25) is 14.4 Å². The predicted octanol–water partition coefficient (Wildman–Crippen LogP) is 4.90. The minimum Gasteiger partial charge on any atom is -0.481 e. The number of carboxylic acid groups (broad SMARTS) is 1. The lowest BCUT2D eigenvalue weighted by Crippen LogP contribution is -2.60. The van der Waals surface area contributed by atoms with Gasteiger partial charge >= 0.3 is 5.97 Å². The number of rotatable bonds is 5. The summed E-state index contributed by atoms with van der Waals surface area (Å²) >= 11 is 2.18. The van der Waals surface area contributed by atoms with Crippen LogP contribution in [-0.2, 0) is 22.4 Å². The van der Waals surface area contributed by atoms with Crippen molar-refractivity contribution in [1.29, 1.82) is 0 Å². The molecule has 1 aromatic carbocycles. The highest BCUT2D eigenvalue weighted by molar-refractivity contribution is 14.1. The van der Waals surface area contributed by atoms with Crippen molar-refractivity contribution in [2.45, 2.75) is 63.2 Å². The molecule has 10 heteroatoms. The number of halogens is 3. The molecule has 1 N–H and O–H groups in total. The molecule has 7 nitrogen and oxygen atoms in total. The zero-order valence-electron chi connectivity index (χ0n) is 20.8. The molecule has 0 radical (unpaired) electrons. The number of carbonyl (C=O) groups excluding carboxylic acids is 2. The third-order valence-corrected chi connectivity index (χ3v) is 9.21. The largest absolute Gasteiger partial charge is 0.481 e. The van der Waals surface area contributed by atoms with Crippen LogP contribution in [0, 0.1) is 15.4 Å². The minimum absolute atomic E-state index is 0.234. The van der Waals surface area contributed by atoms with Gasteiger partial charge in [-0.2, -0.15) is 9.78 Å². The van der Waals surface area contributed by atoms with Crippen LogP contribution in [0.25, 0.3) is 5.57 Å². The van der Waals surface area contributed by atoms with Crippen LogP contribution in [0.1, 0.15) is 77.3 Å². The second-order valence-electron chi connectivity index (χ2n) is 11.0. The molecule has 38 heavy (non-hydrogen) atoms. The molecule has 0 bridgehead atoms. The summed E-state index contributed by atoms with van der Waals surface area (Å²) in [5.41, 5.74) is 4.87. The summed E-state index contributed by atoms with van der Waals surface area (Å²) in [4.78, 5) is 39.8. The first-order chi connectivity index (χ1) is 18.1. The molecule has 200 valence electrons. The zero-order chi connectivity index (χ0) is 26.8. The van der Waals surface area contributed by atoms with Gasteiger partial charge in [-0.25, -0.2) is 8.78 Å². The van der Waals surface area contributed by atoms with Crippen molar-refractivity contribution in [2.24, 2.45) is 11.8 Å². The first kappa shape index (κ1) is 25.6. The van der Waals surface area contributed by atoms with Crippen LogP contribution in [0.15, 0.2) is 24.3 Å². The van der Waals surface area contributed by atoms with Gasteiger partial charge in [-0.1, -0.05) is 18.2 Å². The van der Waals surface area contributed by atoms with Crippen molar-refractivity contribution >= 4 is 45.9 Å². The highest BCUT2D eigenvalue weighted by Crippen LogP contribution is 2.43. The van der Waals surface area contributed by atoms with Crippen LogP contribution >= 0.6 is 22.6 Å². The Morgan fingerprint density at radius 1 is 1.05 bits per heavy atom. The number of hydrogen-bond donors (Lipinski definition) is 1. The van der Waals surface area contributed by atoms with Crippen molar-refractivity contribution in [1.82, 2.24) is 14.7 Å². The summed E-state index contributed by atoms with van der Waals surface area (Å²) in [5, 5.41) is 14.2. The van der Waals surface area contributed by atoms with Crippen molar-refractivity contribution in [3.63, 3.8) is 0 Å². The van der Waals surface area contributed by atoms with E-state index in [9.17, 15) is 28.3 Å². The summed E-state index contributed by atoms with van der Waals surface area (Å²) in [7, 11) is 0. The molecule has 1 saturated heterocycles. The third-order valence-electron chi connectivity index (χ3n) is 8.31. The summed E-state index contributed by atoms with van der Waals surface area (Å²) < 4.78 is 29.2. The number of aliphatic carboxylic acids is 1. The van der Waals surface area contributed by atoms with Crippen LogP contribution in [0.5, 0.6) is 0 Å². The molecule has 4 aliphatic rings. The number of allylic oxidation sites excluding steroid dienone is 2. The first-order valence-corrected chi connectivity index (χ1v) is 14.2. The maximum absolute atomic E-state index is 14.1. The number of carboxylic acids is 1. The number of carbonyl (C=O) groups is 3. The average Bonchev–Trinajstić information content (AvgIpc) is 3.66. The third kappa shape index (κ3) is 4.58. The molecular formula is C28H28F2IN3O4. The molecule has 1 saturated carbocycles. The van der Waals surface area contributed by atoms with Crippen LogP contribution < -0.4 is 0 Å². The van der Waals surface area contributed by atoms with Crippen LogP contribution in [-0.4, -0.2) is 56.6 Å². The highest BCUT2D eigenvalue weighted by Gasteiger charge is 2.48. The number of fused-ring (bicyclic) bond motifs is 1. The number of alkyl halides is 2. The van der Waals surface area contributed by atoms with Crippen molar-refractivity contribution in [2.75, 3.05) is 13.1 Å². The van der Waals surface area contributed by atoms with E-state index in [-0.39, 0.29) is 18.2 Å². The van der Waals surface area contributed by atoms with Crippen LogP contribution in [0.2, 0.25) is 0 Å². The van der Waals surface area contributed by atoms with E-state index in [2.05, 4.69) is 22.6 Å². The molecule has 1 aromatic heterocycles. The second kappa shape index (κ2) is 9.53. The average molecular weight is 635 g/mol. The molecule has 2 aromatic rings. The van der Waals surface area contributed by atoms with E-state index in [1.54, 1.807) is 0 Å². The van der Waals surface area contributed by atoms with Gasteiger partial charge in [0.25, 0.3) is 11.8 Å². The fourth-order valence-electron chi connectivity index (χ4n) is 6.06. The van der Waals surface area contributed by atoms with E-state index in [0.717, 1.165) is 33.1 Å². The molecule has 2 heterocycles. The molecule has 1 aliphatic heterocycles. The quantitative estimate of drug-likeness (QED) is 0.472. The van der Waals surface area contributed by atoms with Crippen LogP contribution in [0.3, 0.4) is 0 Å². The maximum atomic E-state index is 14.1. The molecule has 1 amide bonds. The van der Waals surface area contributed by atoms with E-state index in [1.165, 1.54) is 9.58 Å². The van der Waals surface area contributed by atoms with Gasteiger partial charge in [-0.05, 0) is 90.7 Å². The van der Waals surface area contributed by atoms with Gasteiger partial charge in [0.15, 0.2) is 0 Å². The van der Waals surface area contributed by atoms with E-state index in [1.807, 2.05) is 24.3 Å². The normalized spacial score (nSPS) is 24.3. The van der Waals surface area contributed by atoms with Gasteiger partial charge in [-0.15, -0.1) is 0 Å². The van der Waals surface area contributed by atoms with Crippen molar-refractivity contribution in [3.8, 4) is 0 Å². The van der Waals surface area contributed by atoms with E-state index in [0.29, 0.717) is 55.0 Å². The van der Waals surface area contributed by atoms with Crippen molar-refractivity contribution < 1.29 is 28.3 Å². The van der Waals surface area contributed by atoms with Crippen molar-refractivity contribution in [3.05, 3.63) is 55.9 Å². The summed E-state index contributed by atoms with van der Waals surface area (Å²) in [6.45, 7) is -1.10. The predicted molar refractivity (Wildman–Crippen MR) is 143 cm³/mol. The first-order valence-electron chi connectivity index (χ1n) is 13.2. The Kier molecular flexibility index (Phi) is 6.43. The fraction of sp³-hybridized carbons (Fsp3) is 0.500. The van der Waals surface area contributed by atoms with E-state index >= 15 is 0 Å². The van der Waals surface area contributed by atoms with E-state index in [4.69, 9.17) is 5.10 Å². The van der Waals surface area contributed by atoms with Crippen LogP contribution in [0.4, 0.5) is 8.78 Å². The fourth-order valence-corrected chi connectivity index (χ4v) is 6.80. The number of benzene rings is 1. The Balaban J connectivity index is 1.38. The molecule has 3 aliphatic carbocycles. The summed E-state index contributed by atoms with van der Waals surface area (Å²) in [6, 6.07) is 5.86. The lowest BCUT2D eigenvalue weighted by Gasteiger charge is -2.41. The minimum atomic E-state index is -2.83. The second-order valence-corrected chi connectivity index (χ2v) is 12.2. The Bertz CT molecular complexity index is 1370. The van der Waals surface area contributed by atoms with Gasteiger partial charge < -0.3 is 10.0 Å². The number of aromatic nitrogens is 2. The Hall–Kier alpha value is -2.63. The highest BCUT2D eigenvalue weighted by atomic mass is 127. The SMILES string of the molecule is O=C(O)C1CC=C(c2nn(C(=O)c3c(I)cccc3C3CC3)c3c2CCC(C(=O)N2CC(F)(F)C2)C3)CC1. The monoisotopic (exact) mass is 635 g/mol. The lowest BCUT2D eigenvalue weighted by molar-refractivity contribution is -0.169. The number of amides is 1. The zero-order valence-corrected chi connectivity index (χ0v) is 22.9. The Morgan fingerprint density at radius 2 is 1.79 bits per heavy atom. The number of likely N-dealkylation sites (tertiary alicyclic amines) is 1. The van der Waals surface area contributed by atoms with Gasteiger partial charge in [0.1, 0.15) is 0 Å². The smallest absolute Gasteiger partial charge is 0.306 e. The maximum Gasteiger partial charge on any atom is 0.306 e. The molecule has 2 unspecified atom stereocenters.